The molecule has 0 spiro atoms. The highest BCUT2D eigenvalue weighted by molar-refractivity contribution is 5.71. The SMILES string of the molecule is COc1ccc(C2=CC=C(C#N)C(O)N2CCC(=O)O)cc1. The Kier molecular flexibility index (Phi) is 4.81. The number of hydrogen-bond acceptors (Lipinski definition) is 5. The summed E-state index contributed by atoms with van der Waals surface area (Å²) in [7, 11) is 1.57. The topological polar surface area (TPSA) is 93.8 Å². The van der Waals surface area contributed by atoms with Crippen LogP contribution in [0.25, 0.3) is 5.70 Å². The number of carboxylic acids is 1. The summed E-state index contributed by atoms with van der Waals surface area (Å²) in [5.41, 5.74) is 1.65. The first-order valence-electron chi connectivity index (χ1n) is 6.69. The van der Waals surface area contributed by atoms with Gasteiger partial charge < -0.3 is 19.8 Å². The Morgan fingerprint density at radius 2 is 2.05 bits per heavy atom. The van der Waals surface area contributed by atoms with E-state index >= 15 is 0 Å². The van der Waals surface area contributed by atoms with Gasteiger partial charge in [-0.05, 0) is 42.0 Å². The van der Waals surface area contributed by atoms with Gasteiger partial charge in [0.2, 0.25) is 0 Å². The maximum atomic E-state index is 10.8. The normalized spacial score (nSPS) is 17.3. The van der Waals surface area contributed by atoms with Gasteiger partial charge in [0.05, 0.1) is 25.2 Å². The van der Waals surface area contributed by atoms with E-state index in [0.717, 1.165) is 5.56 Å². The van der Waals surface area contributed by atoms with Crippen molar-refractivity contribution in [3.63, 3.8) is 0 Å². The van der Waals surface area contributed by atoms with Crippen LogP contribution in [0.5, 0.6) is 5.75 Å². The van der Waals surface area contributed by atoms with Gasteiger partial charge in [-0.2, -0.15) is 5.26 Å². The quantitative estimate of drug-likeness (QED) is 0.857. The van der Waals surface area contributed by atoms with Gasteiger partial charge in [0, 0.05) is 12.2 Å². The number of benzene rings is 1. The third-order valence-corrected chi connectivity index (χ3v) is 3.39. The molecule has 1 atom stereocenters. The van der Waals surface area contributed by atoms with Gasteiger partial charge in [0.15, 0.2) is 6.23 Å². The molecular formula is C16H16N2O4. The molecule has 0 radical (unpaired) electrons. The van der Waals surface area contributed by atoms with Gasteiger partial charge in [-0.1, -0.05) is 0 Å². The number of methoxy groups -OCH3 is 1. The average Bonchev–Trinajstić information content (AvgIpc) is 2.53. The molecule has 1 aromatic carbocycles. The second-order valence-corrected chi connectivity index (χ2v) is 4.73. The lowest BCUT2D eigenvalue weighted by Gasteiger charge is -2.34. The number of allylic oxidation sites excluding steroid dienone is 2. The van der Waals surface area contributed by atoms with E-state index in [9.17, 15) is 9.90 Å². The van der Waals surface area contributed by atoms with E-state index < -0.39 is 12.2 Å². The Bertz CT molecular complexity index is 656. The molecule has 6 nitrogen and oxygen atoms in total. The van der Waals surface area contributed by atoms with E-state index in [1.807, 2.05) is 18.2 Å². The van der Waals surface area contributed by atoms with Crippen molar-refractivity contribution < 1.29 is 19.7 Å². The summed E-state index contributed by atoms with van der Waals surface area (Å²) in [6.07, 6.45) is 1.96. The molecule has 2 N–H and O–H groups in total. The molecule has 114 valence electrons. The first-order valence-corrected chi connectivity index (χ1v) is 6.69. The minimum Gasteiger partial charge on any atom is -0.497 e. The van der Waals surface area contributed by atoms with E-state index in [2.05, 4.69) is 0 Å². The molecule has 0 saturated heterocycles. The summed E-state index contributed by atoms with van der Waals surface area (Å²) < 4.78 is 5.10. The van der Waals surface area contributed by atoms with Crippen molar-refractivity contribution in [2.75, 3.05) is 13.7 Å². The zero-order valence-electron chi connectivity index (χ0n) is 12.1. The molecule has 0 amide bonds. The van der Waals surface area contributed by atoms with E-state index in [-0.39, 0.29) is 18.5 Å². The second kappa shape index (κ2) is 6.78. The number of hydrogen-bond donors (Lipinski definition) is 2. The number of ether oxygens (including phenoxy) is 1. The summed E-state index contributed by atoms with van der Waals surface area (Å²) in [6.45, 7) is 0.105. The van der Waals surface area contributed by atoms with Crippen LogP contribution in [0.1, 0.15) is 12.0 Å². The van der Waals surface area contributed by atoms with Crippen molar-refractivity contribution in [3.05, 3.63) is 47.6 Å². The Morgan fingerprint density at radius 1 is 1.36 bits per heavy atom. The molecule has 0 fully saturated rings. The van der Waals surface area contributed by atoms with Crippen LogP contribution in [0.2, 0.25) is 0 Å². The minimum atomic E-state index is -1.15. The third kappa shape index (κ3) is 3.27. The molecule has 22 heavy (non-hydrogen) atoms. The van der Waals surface area contributed by atoms with E-state index in [0.29, 0.717) is 11.4 Å². The fraction of sp³-hybridized carbons (Fsp3) is 0.250. The summed E-state index contributed by atoms with van der Waals surface area (Å²) in [5, 5.41) is 28.1. The number of nitriles is 1. The predicted molar refractivity (Wildman–Crippen MR) is 79.6 cm³/mol. The van der Waals surface area contributed by atoms with Gasteiger partial charge in [-0.15, -0.1) is 0 Å². The van der Waals surface area contributed by atoms with Crippen LogP contribution in [0, 0.1) is 11.3 Å². The van der Waals surface area contributed by atoms with Crippen molar-refractivity contribution in [2.45, 2.75) is 12.6 Å². The van der Waals surface area contributed by atoms with Crippen LogP contribution in [-0.2, 0) is 4.79 Å². The fourth-order valence-corrected chi connectivity index (χ4v) is 2.23. The number of aliphatic carboxylic acids is 1. The minimum absolute atomic E-state index is 0.105. The average molecular weight is 300 g/mol. The van der Waals surface area contributed by atoms with E-state index in [4.69, 9.17) is 15.1 Å². The molecule has 1 heterocycles. The largest absolute Gasteiger partial charge is 0.497 e. The zero-order valence-corrected chi connectivity index (χ0v) is 12.1. The molecule has 2 rings (SSSR count). The first-order chi connectivity index (χ1) is 10.6. The third-order valence-electron chi connectivity index (χ3n) is 3.39. The van der Waals surface area contributed by atoms with Crippen LogP contribution < -0.4 is 4.74 Å². The Morgan fingerprint density at radius 3 is 2.59 bits per heavy atom. The molecule has 1 unspecified atom stereocenters. The molecule has 0 bridgehead atoms. The predicted octanol–water partition coefficient (Wildman–Crippen LogP) is 1.59. The highest BCUT2D eigenvalue weighted by Gasteiger charge is 2.26. The van der Waals surface area contributed by atoms with Crippen molar-refractivity contribution in [3.8, 4) is 11.8 Å². The fourth-order valence-electron chi connectivity index (χ4n) is 2.23. The number of carboxylic acid groups (broad SMARTS) is 1. The summed E-state index contributed by atoms with van der Waals surface area (Å²) in [4.78, 5) is 12.3. The van der Waals surface area contributed by atoms with Gasteiger partial charge in [-0.3, -0.25) is 4.79 Å². The summed E-state index contributed by atoms with van der Waals surface area (Å²) in [6, 6.07) is 9.11. The number of carbonyl (C=O) groups is 1. The lowest BCUT2D eigenvalue weighted by Crippen LogP contribution is -2.38. The van der Waals surface area contributed by atoms with Gasteiger partial charge in [0.25, 0.3) is 0 Å². The summed E-state index contributed by atoms with van der Waals surface area (Å²) >= 11 is 0. The number of aliphatic hydroxyl groups excluding tert-OH is 1. The lowest BCUT2D eigenvalue weighted by atomic mass is 10.0. The van der Waals surface area contributed by atoms with Crippen molar-refractivity contribution >= 4 is 11.7 Å². The molecular weight excluding hydrogens is 284 g/mol. The molecule has 0 aliphatic carbocycles. The van der Waals surface area contributed by atoms with Crippen LogP contribution in [0.3, 0.4) is 0 Å². The molecule has 6 heteroatoms. The highest BCUT2D eigenvalue weighted by atomic mass is 16.5. The Balaban J connectivity index is 2.34. The van der Waals surface area contributed by atoms with Crippen LogP contribution in [-0.4, -0.2) is 41.0 Å². The van der Waals surface area contributed by atoms with Crippen molar-refractivity contribution in [2.24, 2.45) is 0 Å². The molecule has 1 aliphatic heterocycles. The standard InChI is InChI=1S/C16H16N2O4/c1-22-13-5-2-11(3-6-13)14-7-4-12(10-17)16(21)18(14)9-8-15(19)20/h2-7,16,21H,8-9H2,1H3,(H,19,20). The molecule has 1 aromatic rings. The number of rotatable bonds is 5. The van der Waals surface area contributed by atoms with Crippen LogP contribution >= 0.6 is 0 Å². The number of nitrogens with zero attached hydrogens (tertiary/aromatic N) is 2. The highest BCUT2D eigenvalue weighted by Crippen LogP contribution is 2.29. The maximum Gasteiger partial charge on any atom is 0.305 e. The van der Waals surface area contributed by atoms with Crippen LogP contribution in [0.4, 0.5) is 0 Å². The maximum absolute atomic E-state index is 10.8. The first kappa shape index (κ1) is 15.6. The van der Waals surface area contributed by atoms with E-state index in [1.165, 1.54) is 4.90 Å². The lowest BCUT2D eigenvalue weighted by molar-refractivity contribution is -0.137. The number of aliphatic hydroxyl groups is 1. The Hall–Kier alpha value is -2.78. The molecule has 1 aliphatic rings. The summed E-state index contributed by atoms with van der Waals surface area (Å²) in [5.74, 6) is -0.264. The van der Waals surface area contributed by atoms with Crippen molar-refractivity contribution in [1.82, 2.24) is 4.90 Å². The van der Waals surface area contributed by atoms with Gasteiger partial charge >= 0.3 is 5.97 Å². The second-order valence-electron chi connectivity index (χ2n) is 4.73. The Labute approximate surface area is 128 Å². The smallest absolute Gasteiger partial charge is 0.305 e. The zero-order chi connectivity index (χ0) is 16.1. The van der Waals surface area contributed by atoms with Gasteiger partial charge in [-0.25, -0.2) is 0 Å². The monoisotopic (exact) mass is 300 g/mol. The molecule has 0 aromatic heterocycles. The van der Waals surface area contributed by atoms with Gasteiger partial charge in [0.1, 0.15) is 5.75 Å². The van der Waals surface area contributed by atoms with Crippen LogP contribution in [0.15, 0.2) is 42.0 Å². The van der Waals surface area contributed by atoms with Crippen molar-refractivity contribution in [1.29, 1.82) is 5.26 Å². The molecule has 0 saturated carbocycles. The van der Waals surface area contributed by atoms with E-state index in [1.54, 1.807) is 31.4 Å².